The molecule has 1 aromatic rings. The zero-order valence-electron chi connectivity index (χ0n) is 18.1. The molecule has 0 spiro atoms. The van der Waals surface area contributed by atoms with Crippen molar-refractivity contribution in [2.24, 2.45) is 0 Å². The van der Waals surface area contributed by atoms with E-state index in [-0.39, 0.29) is 29.6 Å². The SMILES string of the molecule is C/C(=C\O)C(=O)OC(C)Cc1ccc(C(=O)O)c(C(=O)O)c1CC(C)OC(=O)/C(C)=C/O. The van der Waals surface area contributed by atoms with E-state index >= 15 is 0 Å². The Hall–Kier alpha value is -3.82. The smallest absolute Gasteiger partial charge is 0.337 e. The van der Waals surface area contributed by atoms with Gasteiger partial charge in [-0.15, -0.1) is 0 Å². The number of carbonyl (C=O) groups is 4. The number of hydrogen-bond acceptors (Lipinski definition) is 8. The van der Waals surface area contributed by atoms with Gasteiger partial charge in [-0.05, 0) is 44.9 Å². The second-order valence-corrected chi connectivity index (χ2v) is 7.20. The van der Waals surface area contributed by atoms with E-state index in [0.29, 0.717) is 18.1 Å². The van der Waals surface area contributed by atoms with Gasteiger partial charge in [0.05, 0.1) is 34.8 Å². The number of carboxylic acid groups (broad SMARTS) is 2. The Morgan fingerprint density at radius 1 is 0.844 bits per heavy atom. The molecule has 2 atom stereocenters. The van der Waals surface area contributed by atoms with Gasteiger partial charge >= 0.3 is 23.9 Å². The van der Waals surface area contributed by atoms with Gasteiger partial charge in [-0.1, -0.05) is 6.07 Å². The van der Waals surface area contributed by atoms with Crippen molar-refractivity contribution in [3.8, 4) is 0 Å². The predicted molar refractivity (Wildman–Crippen MR) is 112 cm³/mol. The van der Waals surface area contributed by atoms with Gasteiger partial charge in [0.2, 0.25) is 0 Å². The molecule has 32 heavy (non-hydrogen) atoms. The van der Waals surface area contributed by atoms with Crippen molar-refractivity contribution in [2.45, 2.75) is 52.7 Å². The molecule has 1 rings (SSSR count). The molecule has 0 amide bonds. The Kier molecular flexibility index (Phi) is 9.45. The summed E-state index contributed by atoms with van der Waals surface area (Å²) in [6, 6.07) is 2.56. The topological polar surface area (TPSA) is 168 Å². The fourth-order valence-corrected chi connectivity index (χ4v) is 2.88. The van der Waals surface area contributed by atoms with Crippen molar-refractivity contribution >= 4 is 23.9 Å². The zero-order chi connectivity index (χ0) is 24.6. The molecule has 0 aliphatic rings. The lowest BCUT2D eigenvalue weighted by Crippen LogP contribution is -2.24. The van der Waals surface area contributed by atoms with Crippen LogP contribution < -0.4 is 0 Å². The fraction of sp³-hybridized carbons (Fsp3) is 0.364. The highest BCUT2D eigenvalue weighted by molar-refractivity contribution is 6.03. The standard InChI is InChI=1S/C22H26O10/c1-11(9-23)21(29)31-13(3)7-15-5-6-16(19(25)26)18(20(27)28)17(15)8-14(4)32-22(30)12(2)10-24/h5-6,9-10,13-14,23-24H,7-8H2,1-4H3,(H,25,26)(H,27,28)/b11-9+,12-10+. The van der Waals surface area contributed by atoms with E-state index in [1.807, 2.05) is 0 Å². The lowest BCUT2D eigenvalue weighted by Gasteiger charge is -2.21. The van der Waals surface area contributed by atoms with Gasteiger partial charge in [0.1, 0.15) is 12.2 Å². The number of carboxylic acids is 2. The number of hydrogen-bond donors (Lipinski definition) is 4. The van der Waals surface area contributed by atoms with Crippen molar-refractivity contribution in [3.05, 3.63) is 58.1 Å². The molecule has 0 saturated heterocycles. The highest BCUT2D eigenvalue weighted by Gasteiger charge is 2.26. The lowest BCUT2D eigenvalue weighted by molar-refractivity contribution is -0.144. The lowest BCUT2D eigenvalue weighted by atomic mass is 9.89. The molecule has 0 saturated carbocycles. The van der Waals surface area contributed by atoms with E-state index < -0.39 is 47.2 Å². The first-order valence-electron chi connectivity index (χ1n) is 9.58. The molecule has 0 bridgehead atoms. The van der Waals surface area contributed by atoms with Crippen molar-refractivity contribution < 1.29 is 49.1 Å². The number of ether oxygens (including phenoxy) is 2. The van der Waals surface area contributed by atoms with Gasteiger partial charge in [-0.2, -0.15) is 0 Å². The molecule has 0 aromatic heterocycles. The number of aliphatic hydroxyl groups is 2. The van der Waals surface area contributed by atoms with Crippen molar-refractivity contribution in [3.63, 3.8) is 0 Å². The van der Waals surface area contributed by atoms with Gasteiger partial charge in [0.15, 0.2) is 0 Å². The van der Waals surface area contributed by atoms with Crippen LogP contribution in [0, 0.1) is 0 Å². The second-order valence-electron chi connectivity index (χ2n) is 7.20. The molecule has 4 N–H and O–H groups in total. The summed E-state index contributed by atoms with van der Waals surface area (Å²) < 4.78 is 10.4. The van der Waals surface area contributed by atoms with E-state index in [1.54, 1.807) is 6.92 Å². The Balaban J connectivity index is 3.37. The summed E-state index contributed by atoms with van der Waals surface area (Å²) in [6.07, 6.45) is -0.535. The molecular weight excluding hydrogens is 424 g/mol. The molecule has 0 radical (unpaired) electrons. The van der Waals surface area contributed by atoms with Crippen LogP contribution in [0.5, 0.6) is 0 Å². The van der Waals surface area contributed by atoms with Crippen LogP contribution in [-0.4, -0.2) is 56.5 Å². The molecule has 1 aromatic carbocycles. The van der Waals surface area contributed by atoms with Gasteiger partial charge in [0.25, 0.3) is 0 Å². The first-order valence-corrected chi connectivity index (χ1v) is 9.58. The van der Waals surface area contributed by atoms with Crippen molar-refractivity contribution in [1.82, 2.24) is 0 Å². The fourth-order valence-electron chi connectivity index (χ4n) is 2.88. The maximum absolute atomic E-state index is 11.9. The number of benzene rings is 1. The third-order valence-corrected chi connectivity index (χ3v) is 4.50. The van der Waals surface area contributed by atoms with E-state index in [0.717, 1.165) is 6.07 Å². The van der Waals surface area contributed by atoms with Crippen molar-refractivity contribution in [2.75, 3.05) is 0 Å². The Bertz CT molecular complexity index is 958. The van der Waals surface area contributed by atoms with Gasteiger partial charge in [-0.25, -0.2) is 19.2 Å². The quantitative estimate of drug-likeness (QED) is 0.236. The summed E-state index contributed by atoms with van der Waals surface area (Å²) in [5.41, 5.74) is -0.501. The number of esters is 2. The Morgan fingerprint density at radius 3 is 1.72 bits per heavy atom. The average molecular weight is 450 g/mol. The van der Waals surface area contributed by atoms with Crippen LogP contribution in [0.15, 0.2) is 35.8 Å². The highest BCUT2D eigenvalue weighted by Crippen LogP contribution is 2.25. The van der Waals surface area contributed by atoms with E-state index in [4.69, 9.17) is 19.7 Å². The summed E-state index contributed by atoms with van der Waals surface area (Å²) in [5, 5.41) is 37.0. The molecule has 0 aliphatic carbocycles. The maximum Gasteiger partial charge on any atom is 0.337 e. The van der Waals surface area contributed by atoms with Crippen LogP contribution in [0.4, 0.5) is 0 Å². The van der Waals surface area contributed by atoms with Crippen LogP contribution >= 0.6 is 0 Å². The van der Waals surface area contributed by atoms with Crippen LogP contribution in [0.25, 0.3) is 0 Å². The molecule has 10 heteroatoms. The summed E-state index contributed by atoms with van der Waals surface area (Å²) in [7, 11) is 0. The Morgan fingerprint density at radius 2 is 1.31 bits per heavy atom. The molecule has 10 nitrogen and oxygen atoms in total. The van der Waals surface area contributed by atoms with Crippen molar-refractivity contribution in [1.29, 1.82) is 0 Å². The molecule has 0 heterocycles. The Labute approximate surface area is 184 Å². The zero-order valence-corrected chi connectivity index (χ0v) is 18.1. The van der Waals surface area contributed by atoms with Crippen LogP contribution in [0.2, 0.25) is 0 Å². The molecule has 0 aliphatic heterocycles. The van der Waals surface area contributed by atoms with E-state index in [2.05, 4.69) is 0 Å². The third kappa shape index (κ3) is 6.86. The molecular formula is C22H26O10. The largest absolute Gasteiger partial charge is 0.515 e. The molecule has 0 fully saturated rings. The van der Waals surface area contributed by atoms with E-state index in [1.165, 1.54) is 26.8 Å². The van der Waals surface area contributed by atoms with Gasteiger partial charge in [0, 0.05) is 12.8 Å². The summed E-state index contributed by atoms with van der Waals surface area (Å²) in [4.78, 5) is 47.3. The predicted octanol–water partition coefficient (Wildman–Crippen LogP) is 2.96. The normalized spacial score (nSPS) is 13.8. The van der Waals surface area contributed by atoms with Crippen LogP contribution in [0.1, 0.15) is 59.5 Å². The molecule has 2 unspecified atom stereocenters. The summed E-state index contributed by atoms with van der Waals surface area (Å²) in [6.45, 7) is 5.72. The third-order valence-electron chi connectivity index (χ3n) is 4.50. The van der Waals surface area contributed by atoms with Crippen LogP contribution in [-0.2, 0) is 31.9 Å². The average Bonchev–Trinajstić information content (AvgIpc) is 2.72. The summed E-state index contributed by atoms with van der Waals surface area (Å²) in [5.74, 6) is -4.51. The first-order chi connectivity index (χ1) is 14.9. The minimum atomic E-state index is -1.48. The monoisotopic (exact) mass is 450 g/mol. The second kappa shape index (κ2) is 11.5. The van der Waals surface area contributed by atoms with E-state index in [9.17, 15) is 29.4 Å². The summed E-state index contributed by atoms with van der Waals surface area (Å²) >= 11 is 0. The first kappa shape index (κ1) is 26.2. The number of aliphatic hydroxyl groups excluding tert-OH is 2. The number of aromatic carboxylic acids is 2. The maximum atomic E-state index is 11.9. The molecule has 174 valence electrons. The minimum absolute atomic E-state index is 0.0302. The van der Waals surface area contributed by atoms with Gasteiger partial charge < -0.3 is 29.9 Å². The number of rotatable bonds is 10. The highest BCUT2D eigenvalue weighted by atomic mass is 16.5. The van der Waals surface area contributed by atoms with Crippen LogP contribution in [0.3, 0.4) is 0 Å². The van der Waals surface area contributed by atoms with Gasteiger partial charge in [-0.3, -0.25) is 0 Å². The minimum Gasteiger partial charge on any atom is -0.515 e. The number of carbonyl (C=O) groups excluding carboxylic acids is 2.